The van der Waals surface area contributed by atoms with Crippen LogP contribution in [0.4, 0.5) is 8.78 Å². The van der Waals surface area contributed by atoms with E-state index in [1.54, 1.807) is 6.21 Å². The summed E-state index contributed by atoms with van der Waals surface area (Å²) in [6.45, 7) is 0.0850. The van der Waals surface area contributed by atoms with Crippen LogP contribution in [0.5, 0.6) is 0 Å². The minimum absolute atomic E-state index is 0.0850. The maximum atomic E-state index is 12.9. The van der Waals surface area contributed by atoms with Crippen molar-refractivity contribution in [1.82, 2.24) is 0 Å². The first kappa shape index (κ1) is 13.7. The molecule has 2 nitrogen and oxygen atoms in total. The Kier molecular flexibility index (Phi) is 4.63. The highest BCUT2D eigenvalue weighted by molar-refractivity contribution is 9.10. The van der Waals surface area contributed by atoms with Gasteiger partial charge in [0.05, 0.1) is 6.21 Å². The Morgan fingerprint density at radius 2 is 1.95 bits per heavy atom. The Morgan fingerprint density at radius 3 is 2.68 bits per heavy atom. The fraction of sp³-hybridized carbons (Fsp3) is 0.0714. The van der Waals surface area contributed by atoms with Crippen LogP contribution in [0.1, 0.15) is 11.1 Å². The highest BCUT2D eigenvalue weighted by atomic mass is 79.9. The average molecular weight is 326 g/mol. The van der Waals surface area contributed by atoms with E-state index in [-0.39, 0.29) is 6.61 Å². The van der Waals surface area contributed by atoms with Crippen molar-refractivity contribution in [2.45, 2.75) is 6.61 Å². The van der Waals surface area contributed by atoms with Crippen molar-refractivity contribution in [2.24, 2.45) is 5.16 Å². The van der Waals surface area contributed by atoms with Gasteiger partial charge < -0.3 is 4.84 Å². The number of nitrogens with zero attached hydrogens (tertiary/aromatic N) is 1. The normalized spacial score (nSPS) is 10.9. The van der Waals surface area contributed by atoms with Crippen molar-refractivity contribution in [3.05, 3.63) is 69.7 Å². The van der Waals surface area contributed by atoms with E-state index in [0.717, 1.165) is 22.2 Å². The third kappa shape index (κ3) is 4.13. The third-order valence-corrected chi connectivity index (χ3v) is 2.83. The summed E-state index contributed by atoms with van der Waals surface area (Å²) in [5.74, 6) is -1.77. The molecular weight excluding hydrogens is 316 g/mol. The standard InChI is InChI=1S/C14H10BrF2NO/c15-12-3-1-2-10(6-12)8-18-19-9-11-4-5-13(16)14(17)7-11/h1-8H,9H2. The van der Waals surface area contributed by atoms with E-state index in [4.69, 9.17) is 4.84 Å². The summed E-state index contributed by atoms with van der Waals surface area (Å²) < 4.78 is 26.6. The molecule has 0 saturated heterocycles. The molecule has 2 rings (SSSR count). The fourth-order valence-corrected chi connectivity index (χ4v) is 1.84. The molecule has 0 saturated carbocycles. The van der Waals surface area contributed by atoms with Gasteiger partial charge in [-0.1, -0.05) is 39.3 Å². The summed E-state index contributed by atoms with van der Waals surface area (Å²) in [6, 6.07) is 11.1. The van der Waals surface area contributed by atoms with Crippen molar-refractivity contribution in [1.29, 1.82) is 0 Å². The summed E-state index contributed by atoms with van der Waals surface area (Å²) in [5.41, 5.74) is 1.39. The first-order valence-corrected chi connectivity index (χ1v) is 6.29. The lowest BCUT2D eigenvalue weighted by Gasteiger charge is -2.00. The lowest BCUT2D eigenvalue weighted by molar-refractivity contribution is 0.132. The molecule has 2 aromatic rings. The van der Waals surface area contributed by atoms with E-state index >= 15 is 0 Å². The van der Waals surface area contributed by atoms with Gasteiger partial charge in [0, 0.05) is 4.47 Å². The minimum Gasteiger partial charge on any atom is -0.391 e. The maximum Gasteiger partial charge on any atom is 0.159 e. The van der Waals surface area contributed by atoms with Gasteiger partial charge in [-0.2, -0.15) is 0 Å². The molecule has 0 aliphatic rings. The summed E-state index contributed by atoms with van der Waals surface area (Å²) in [7, 11) is 0. The predicted octanol–water partition coefficient (Wildman–Crippen LogP) is 4.28. The van der Waals surface area contributed by atoms with Crippen LogP contribution in [0.25, 0.3) is 0 Å². The van der Waals surface area contributed by atoms with Crippen LogP contribution in [0.3, 0.4) is 0 Å². The summed E-state index contributed by atoms with van der Waals surface area (Å²) in [4.78, 5) is 5.02. The molecule has 0 bridgehead atoms. The van der Waals surface area contributed by atoms with Crippen LogP contribution in [0, 0.1) is 11.6 Å². The molecule has 98 valence electrons. The van der Waals surface area contributed by atoms with Crippen molar-refractivity contribution >= 4 is 22.1 Å². The van der Waals surface area contributed by atoms with E-state index in [0.29, 0.717) is 5.56 Å². The molecule has 0 N–H and O–H groups in total. The molecule has 2 aromatic carbocycles. The zero-order chi connectivity index (χ0) is 13.7. The van der Waals surface area contributed by atoms with Gasteiger partial charge in [-0.05, 0) is 35.4 Å². The fourth-order valence-electron chi connectivity index (χ4n) is 1.43. The van der Waals surface area contributed by atoms with Gasteiger partial charge in [0.1, 0.15) is 6.61 Å². The molecular formula is C14H10BrF2NO. The molecule has 0 heterocycles. The van der Waals surface area contributed by atoms with Crippen LogP contribution in [0.15, 0.2) is 52.1 Å². The maximum absolute atomic E-state index is 12.9. The molecule has 0 unspecified atom stereocenters. The number of hydrogen-bond acceptors (Lipinski definition) is 2. The predicted molar refractivity (Wildman–Crippen MR) is 72.9 cm³/mol. The zero-order valence-electron chi connectivity index (χ0n) is 9.82. The topological polar surface area (TPSA) is 21.6 Å². The van der Waals surface area contributed by atoms with Gasteiger partial charge in [-0.25, -0.2) is 8.78 Å². The van der Waals surface area contributed by atoms with Gasteiger partial charge in [-0.15, -0.1) is 0 Å². The summed E-state index contributed by atoms with van der Waals surface area (Å²) >= 11 is 3.34. The Labute approximate surface area is 117 Å². The number of benzene rings is 2. The van der Waals surface area contributed by atoms with Crippen LogP contribution in [-0.2, 0) is 11.4 Å². The molecule has 0 aromatic heterocycles. The van der Waals surface area contributed by atoms with Crippen LogP contribution >= 0.6 is 15.9 Å². The van der Waals surface area contributed by atoms with E-state index in [1.807, 2.05) is 24.3 Å². The second-order valence-corrected chi connectivity index (χ2v) is 4.73. The first-order chi connectivity index (χ1) is 9.15. The molecule has 0 radical (unpaired) electrons. The molecule has 0 spiro atoms. The number of oxime groups is 1. The number of halogens is 3. The Bertz CT molecular complexity index is 602. The van der Waals surface area contributed by atoms with Gasteiger partial charge >= 0.3 is 0 Å². The molecule has 0 amide bonds. The van der Waals surface area contributed by atoms with Crippen LogP contribution in [-0.4, -0.2) is 6.21 Å². The zero-order valence-corrected chi connectivity index (χ0v) is 11.4. The molecule has 0 fully saturated rings. The largest absolute Gasteiger partial charge is 0.391 e. The van der Waals surface area contributed by atoms with Crippen LogP contribution in [0.2, 0.25) is 0 Å². The lowest BCUT2D eigenvalue weighted by Crippen LogP contribution is -1.91. The van der Waals surface area contributed by atoms with E-state index in [1.165, 1.54) is 6.07 Å². The van der Waals surface area contributed by atoms with Crippen molar-refractivity contribution in [3.63, 3.8) is 0 Å². The molecule has 0 atom stereocenters. The minimum atomic E-state index is -0.892. The van der Waals surface area contributed by atoms with Crippen molar-refractivity contribution in [3.8, 4) is 0 Å². The highest BCUT2D eigenvalue weighted by Gasteiger charge is 2.02. The lowest BCUT2D eigenvalue weighted by atomic mass is 10.2. The van der Waals surface area contributed by atoms with E-state index in [2.05, 4.69) is 21.1 Å². The Morgan fingerprint density at radius 1 is 1.11 bits per heavy atom. The average Bonchev–Trinajstić information content (AvgIpc) is 2.39. The van der Waals surface area contributed by atoms with Crippen molar-refractivity contribution in [2.75, 3.05) is 0 Å². The number of rotatable bonds is 4. The molecule has 19 heavy (non-hydrogen) atoms. The van der Waals surface area contributed by atoms with Gasteiger partial charge in [0.25, 0.3) is 0 Å². The monoisotopic (exact) mass is 325 g/mol. The second kappa shape index (κ2) is 6.43. The Balaban J connectivity index is 1.91. The van der Waals surface area contributed by atoms with Gasteiger partial charge in [0.15, 0.2) is 11.6 Å². The second-order valence-electron chi connectivity index (χ2n) is 3.81. The van der Waals surface area contributed by atoms with Crippen LogP contribution < -0.4 is 0 Å². The third-order valence-electron chi connectivity index (χ3n) is 2.34. The van der Waals surface area contributed by atoms with E-state index in [9.17, 15) is 8.78 Å². The molecule has 0 aliphatic heterocycles. The molecule has 5 heteroatoms. The van der Waals surface area contributed by atoms with Gasteiger partial charge in [-0.3, -0.25) is 0 Å². The van der Waals surface area contributed by atoms with Gasteiger partial charge in [0.2, 0.25) is 0 Å². The first-order valence-electron chi connectivity index (χ1n) is 5.50. The summed E-state index contributed by atoms with van der Waals surface area (Å²) in [6.07, 6.45) is 1.55. The van der Waals surface area contributed by atoms with Crippen molar-refractivity contribution < 1.29 is 13.6 Å². The Hall–Kier alpha value is -1.75. The number of hydrogen-bond donors (Lipinski definition) is 0. The highest BCUT2D eigenvalue weighted by Crippen LogP contribution is 2.11. The van der Waals surface area contributed by atoms with E-state index < -0.39 is 11.6 Å². The SMILES string of the molecule is Fc1ccc(CON=Cc2cccc(Br)c2)cc1F. The smallest absolute Gasteiger partial charge is 0.159 e. The quantitative estimate of drug-likeness (QED) is 0.607. The molecule has 0 aliphatic carbocycles. The summed E-state index contributed by atoms with van der Waals surface area (Å²) in [5, 5.41) is 3.77.